The van der Waals surface area contributed by atoms with Crippen molar-refractivity contribution in [2.45, 2.75) is 20.4 Å². The van der Waals surface area contributed by atoms with Gasteiger partial charge in [-0.15, -0.1) is 0 Å². The number of rotatable bonds is 6. The Bertz CT molecular complexity index is 717. The summed E-state index contributed by atoms with van der Waals surface area (Å²) in [5, 5.41) is 7.13. The molecular formula is C16H18N4O2. The Balaban J connectivity index is 1.54. The number of hydrogen-bond donors (Lipinski definition) is 1. The number of imidazole rings is 1. The van der Waals surface area contributed by atoms with E-state index in [0.717, 1.165) is 29.2 Å². The highest BCUT2D eigenvalue weighted by atomic mass is 16.5. The molecule has 1 N–H and O–H groups in total. The van der Waals surface area contributed by atoms with Gasteiger partial charge >= 0.3 is 0 Å². The molecule has 0 aliphatic heterocycles. The van der Waals surface area contributed by atoms with Crippen molar-refractivity contribution in [2.24, 2.45) is 0 Å². The van der Waals surface area contributed by atoms with Crippen LogP contribution in [0.15, 0.2) is 47.5 Å². The summed E-state index contributed by atoms with van der Waals surface area (Å²) in [7, 11) is 0. The third kappa shape index (κ3) is 3.28. The molecular weight excluding hydrogens is 280 g/mol. The van der Waals surface area contributed by atoms with Crippen molar-refractivity contribution < 1.29 is 9.26 Å². The first-order chi connectivity index (χ1) is 10.7. The van der Waals surface area contributed by atoms with Gasteiger partial charge in [-0.1, -0.05) is 5.16 Å². The molecule has 0 saturated heterocycles. The van der Waals surface area contributed by atoms with E-state index in [9.17, 15) is 0 Å². The maximum atomic E-state index is 5.70. The molecule has 0 unspecified atom stereocenters. The Kier molecular flexibility index (Phi) is 4.09. The zero-order chi connectivity index (χ0) is 15.4. The minimum atomic E-state index is 0.601. The average molecular weight is 298 g/mol. The summed E-state index contributed by atoms with van der Waals surface area (Å²) in [6.45, 7) is 5.27. The Hall–Kier alpha value is -2.76. The summed E-state index contributed by atoms with van der Waals surface area (Å²) in [5.41, 5.74) is 2.84. The molecule has 3 rings (SSSR count). The van der Waals surface area contributed by atoms with Crippen LogP contribution in [0.5, 0.6) is 5.75 Å². The number of benzene rings is 1. The van der Waals surface area contributed by atoms with E-state index in [1.807, 2.05) is 48.9 Å². The summed E-state index contributed by atoms with van der Waals surface area (Å²) in [6, 6.07) is 7.75. The van der Waals surface area contributed by atoms with Crippen molar-refractivity contribution >= 4 is 11.6 Å². The van der Waals surface area contributed by atoms with Crippen molar-refractivity contribution in [1.82, 2.24) is 14.7 Å². The van der Waals surface area contributed by atoms with Crippen LogP contribution in [0.4, 0.5) is 11.6 Å². The standard InChI is InChI=1S/C16H18N4O2/c1-12-13(2)19-22-16(12)18-14-3-5-15(6-4-14)21-10-9-20-8-7-17-11-20/h3-8,11,18H,9-10H2,1-2H3. The smallest absolute Gasteiger partial charge is 0.232 e. The van der Waals surface area contributed by atoms with Crippen LogP contribution >= 0.6 is 0 Å². The second-order valence-electron chi connectivity index (χ2n) is 5.02. The zero-order valence-corrected chi connectivity index (χ0v) is 12.6. The van der Waals surface area contributed by atoms with Crippen molar-refractivity contribution in [3.05, 3.63) is 54.2 Å². The third-order valence-electron chi connectivity index (χ3n) is 3.45. The normalized spacial score (nSPS) is 10.6. The quantitative estimate of drug-likeness (QED) is 0.756. The highest BCUT2D eigenvalue weighted by Gasteiger charge is 2.08. The molecule has 0 amide bonds. The first kappa shape index (κ1) is 14.2. The molecule has 0 radical (unpaired) electrons. The van der Waals surface area contributed by atoms with Crippen LogP contribution in [0, 0.1) is 13.8 Å². The lowest BCUT2D eigenvalue weighted by Crippen LogP contribution is -2.06. The molecule has 0 bridgehead atoms. The maximum Gasteiger partial charge on any atom is 0.232 e. The highest BCUT2D eigenvalue weighted by Crippen LogP contribution is 2.24. The van der Waals surface area contributed by atoms with E-state index in [0.29, 0.717) is 12.5 Å². The molecule has 0 saturated carbocycles. The Labute approximate surface area is 128 Å². The zero-order valence-electron chi connectivity index (χ0n) is 12.6. The molecule has 2 aromatic heterocycles. The molecule has 114 valence electrons. The lowest BCUT2D eigenvalue weighted by Gasteiger charge is -2.08. The third-order valence-corrected chi connectivity index (χ3v) is 3.45. The van der Waals surface area contributed by atoms with Gasteiger partial charge in [-0.25, -0.2) is 4.98 Å². The number of aryl methyl sites for hydroxylation is 1. The molecule has 2 heterocycles. The van der Waals surface area contributed by atoms with E-state index >= 15 is 0 Å². The van der Waals surface area contributed by atoms with Crippen LogP contribution < -0.4 is 10.1 Å². The van der Waals surface area contributed by atoms with Gasteiger partial charge in [-0.05, 0) is 38.1 Å². The van der Waals surface area contributed by atoms with Gasteiger partial charge in [0.1, 0.15) is 12.4 Å². The van der Waals surface area contributed by atoms with Crippen molar-refractivity contribution in [3.63, 3.8) is 0 Å². The largest absolute Gasteiger partial charge is 0.492 e. The molecule has 0 fully saturated rings. The minimum absolute atomic E-state index is 0.601. The maximum absolute atomic E-state index is 5.70. The SMILES string of the molecule is Cc1noc(Nc2ccc(OCCn3ccnc3)cc2)c1C. The number of hydrogen-bond acceptors (Lipinski definition) is 5. The summed E-state index contributed by atoms with van der Waals surface area (Å²) in [5.74, 6) is 1.50. The predicted octanol–water partition coefficient (Wildman–Crippen LogP) is 3.31. The minimum Gasteiger partial charge on any atom is -0.492 e. The molecule has 3 aromatic rings. The highest BCUT2D eigenvalue weighted by molar-refractivity contribution is 5.58. The van der Waals surface area contributed by atoms with Gasteiger partial charge in [0.2, 0.25) is 5.88 Å². The second kappa shape index (κ2) is 6.34. The van der Waals surface area contributed by atoms with E-state index in [4.69, 9.17) is 9.26 Å². The van der Waals surface area contributed by atoms with Crippen LogP contribution in [0.25, 0.3) is 0 Å². The van der Waals surface area contributed by atoms with Gasteiger partial charge in [0.25, 0.3) is 0 Å². The number of aromatic nitrogens is 3. The van der Waals surface area contributed by atoms with Crippen LogP contribution in [-0.4, -0.2) is 21.3 Å². The molecule has 0 aliphatic carbocycles. The lowest BCUT2D eigenvalue weighted by atomic mass is 10.2. The summed E-state index contributed by atoms with van der Waals surface area (Å²) in [4.78, 5) is 3.99. The van der Waals surface area contributed by atoms with Crippen molar-refractivity contribution in [3.8, 4) is 5.75 Å². The number of nitrogens with one attached hydrogen (secondary N) is 1. The van der Waals surface area contributed by atoms with E-state index in [1.54, 1.807) is 12.5 Å². The van der Waals surface area contributed by atoms with Crippen LogP contribution in [0.1, 0.15) is 11.3 Å². The first-order valence-corrected chi connectivity index (χ1v) is 7.11. The Morgan fingerprint density at radius 1 is 1.23 bits per heavy atom. The second-order valence-corrected chi connectivity index (χ2v) is 5.02. The van der Waals surface area contributed by atoms with Crippen LogP contribution in [-0.2, 0) is 6.54 Å². The van der Waals surface area contributed by atoms with Gasteiger partial charge in [0, 0.05) is 23.6 Å². The van der Waals surface area contributed by atoms with E-state index in [-0.39, 0.29) is 0 Å². The number of anilines is 2. The monoisotopic (exact) mass is 298 g/mol. The summed E-state index contributed by atoms with van der Waals surface area (Å²) < 4.78 is 12.9. The first-order valence-electron chi connectivity index (χ1n) is 7.11. The Morgan fingerprint density at radius 2 is 2.05 bits per heavy atom. The number of ether oxygens (including phenoxy) is 1. The fraction of sp³-hybridized carbons (Fsp3) is 0.250. The van der Waals surface area contributed by atoms with Gasteiger partial charge < -0.3 is 19.1 Å². The fourth-order valence-corrected chi connectivity index (χ4v) is 1.99. The van der Waals surface area contributed by atoms with E-state index in [1.165, 1.54) is 0 Å². The number of nitrogens with zero attached hydrogens (tertiary/aromatic N) is 3. The molecule has 6 nitrogen and oxygen atoms in total. The topological polar surface area (TPSA) is 65.1 Å². The van der Waals surface area contributed by atoms with Gasteiger partial charge in [-0.2, -0.15) is 0 Å². The van der Waals surface area contributed by atoms with Crippen molar-refractivity contribution in [1.29, 1.82) is 0 Å². The van der Waals surface area contributed by atoms with Gasteiger partial charge in [-0.3, -0.25) is 0 Å². The molecule has 0 aliphatic rings. The predicted molar refractivity (Wildman–Crippen MR) is 83.4 cm³/mol. The average Bonchev–Trinajstić information content (AvgIpc) is 3.15. The Morgan fingerprint density at radius 3 is 2.68 bits per heavy atom. The fourth-order valence-electron chi connectivity index (χ4n) is 1.99. The van der Waals surface area contributed by atoms with Crippen LogP contribution in [0.2, 0.25) is 0 Å². The molecule has 0 atom stereocenters. The van der Waals surface area contributed by atoms with Gasteiger partial charge in [0.05, 0.1) is 18.6 Å². The van der Waals surface area contributed by atoms with E-state index in [2.05, 4.69) is 15.5 Å². The molecule has 0 spiro atoms. The lowest BCUT2D eigenvalue weighted by molar-refractivity contribution is 0.298. The van der Waals surface area contributed by atoms with Gasteiger partial charge in [0.15, 0.2) is 0 Å². The van der Waals surface area contributed by atoms with Crippen molar-refractivity contribution in [2.75, 3.05) is 11.9 Å². The molecule has 22 heavy (non-hydrogen) atoms. The summed E-state index contributed by atoms with van der Waals surface area (Å²) >= 11 is 0. The molecule has 1 aromatic carbocycles. The van der Waals surface area contributed by atoms with E-state index < -0.39 is 0 Å². The summed E-state index contributed by atoms with van der Waals surface area (Å²) in [6.07, 6.45) is 5.45. The molecule has 6 heteroatoms. The van der Waals surface area contributed by atoms with Crippen LogP contribution in [0.3, 0.4) is 0 Å².